The molecule has 1 N–H and O–H groups in total. The zero-order valence-electron chi connectivity index (χ0n) is 22.4. The van der Waals surface area contributed by atoms with Gasteiger partial charge in [-0.2, -0.15) is 0 Å². The molecule has 0 aliphatic carbocycles. The number of amides is 2. The second kappa shape index (κ2) is 12.5. The van der Waals surface area contributed by atoms with E-state index in [4.69, 9.17) is 0 Å². The Morgan fingerprint density at radius 2 is 1.47 bits per heavy atom. The van der Waals surface area contributed by atoms with Gasteiger partial charge in [0, 0.05) is 24.9 Å². The fourth-order valence-corrected chi connectivity index (χ4v) is 4.35. The summed E-state index contributed by atoms with van der Waals surface area (Å²) in [5.41, 5.74) is 5.21. The molecule has 0 aromatic heterocycles. The van der Waals surface area contributed by atoms with Crippen molar-refractivity contribution in [2.24, 2.45) is 0 Å². The van der Waals surface area contributed by atoms with Gasteiger partial charge >= 0.3 is 0 Å². The first kappa shape index (κ1) is 27.2. The van der Waals surface area contributed by atoms with Crippen molar-refractivity contribution in [1.82, 2.24) is 10.2 Å². The molecule has 36 heavy (non-hydrogen) atoms. The largest absolute Gasteiger partial charge is 0.350 e. The molecule has 0 radical (unpaired) electrons. The van der Waals surface area contributed by atoms with Gasteiger partial charge in [-0.15, -0.1) is 0 Å². The standard InChI is InChI=1S/C32H40N2O2/c1-6-25-15-17-26(18-16-25)19-20-30(35)34(23-28-14-10-11-24(2)21-28)29(31(36)33-32(3,4)5)22-27-12-8-7-9-13-27/h7-18,21,29H,6,19-20,22-23H2,1-5H3,(H,33,36). The number of carbonyl (C=O) groups excluding carboxylic acids is 2. The molecule has 0 fully saturated rings. The predicted octanol–water partition coefficient (Wildman–Crippen LogP) is 6.04. The lowest BCUT2D eigenvalue weighted by atomic mass is 9.99. The van der Waals surface area contributed by atoms with Gasteiger partial charge in [-0.05, 0) is 62.8 Å². The van der Waals surface area contributed by atoms with Crippen molar-refractivity contribution in [3.8, 4) is 0 Å². The number of rotatable bonds is 10. The van der Waals surface area contributed by atoms with Crippen molar-refractivity contribution in [2.45, 2.75) is 78.4 Å². The topological polar surface area (TPSA) is 49.4 Å². The van der Waals surface area contributed by atoms with Crippen molar-refractivity contribution in [1.29, 1.82) is 0 Å². The molecule has 3 aromatic rings. The molecular weight excluding hydrogens is 444 g/mol. The third-order valence-electron chi connectivity index (χ3n) is 6.26. The van der Waals surface area contributed by atoms with Gasteiger partial charge in [0.05, 0.1) is 0 Å². The van der Waals surface area contributed by atoms with Crippen molar-refractivity contribution >= 4 is 11.8 Å². The maximum atomic E-state index is 13.8. The monoisotopic (exact) mass is 484 g/mol. The molecule has 190 valence electrons. The summed E-state index contributed by atoms with van der Waals surface area (Å²) in [7, 11) is 0. The summed E-state index contributed by atoms with van der Waals surface area (Å²) < 4.78 is 0. The second-order valence-corrected chi connectivity index (χ2v) is 10.6. The Balaban J connectivity index is 1.91. The van der Waals surface area contributed by atoms with E-state index >= 15 is 0 Å². The molecule has 3 rings (SSSR count). The smallest absolute Gasteiger partial charge is 0.243 e. The average molecular weight is 485 g/mol. The Morgan fingerprint density at radius 1 is 0.833 bits per heavy atom. The zero-order chi connectivity index (χ0) is 26.1. The van der Waals surface area contributed by atoms with Gasteiger partial charge in [-0.25, -0.2) is 0 Å². The van der Waals surface area contributed by atoms with Gasteiger partial charge < -0.3 is 10.2 Å². The number of benzene rings is 3. The summed E-state index contributed by atoms with van der Waals surface area (Å²) in [6, 6.07) is 25.9. The lowest BCUT2D eigenvalue weighted by Gasteiger charge is -2.34. The van der Waals surface area contributed by atoms with E-state index in [1.807, 2.05) is 76.2 Å². The molecule has 0 saturated carbocycles. The van der Waals surface area contributed by atoms with Crippen LogP contribution in [0, 0.1) is 6.92 Å². The van der Waals surface area contributed by atoms with Crippen molar-refractivity contribution in [3.63, 3.8) is 0 Å². The first-order chi connectivity index (χ1) is 17.1. The molecule has 4 heteroatoms. The van der Waals surface area contributed by atoms with Crippen LogP contribution in [0.2, 0.25) is 0 Å². The molecule has 2 amide bonds. The fourth-order valence-electron chi connectivity index (χ4n) is 4.35. The van der Waals surface area contributed by atoms with Crippen LogP contribution in [0.5, 0.6) is 0 Å². The van der Waals surface area contributed by atoms with E-state index in [1.54, 1.807) is 4.90 Å². The molecule has 0 aliphatic heterocycles. The first-order valence-corrected chi connectivity index (χ1v) is 12.9. The van der Waals surface area contributed by atoms with E-state index in [2.05, 4.69) is 42.6 Å². The van der Waals surface area contributed by atoms with Crippen LogP contribution >= 0.6 is 0 Å². The van der Waals surface area contributed by atoms with Crippen LogP contribution < -0.4 is 5.32 Å². The highest BCUT2D eigenvalue weighted by molar-refractivity contribution is 5.88. The van der Waals surface area contributed by atoms with Gasteiger partial charge in [-0.3, -0.25) is 9.59 Å². The van der Waals surface area contributed by atoms with Crippen LogP contribution in [0.3, 0.4) is 0 Å². The lowest BCUT2D eigenvalue weighted by Crippen LogP contribution is -2.54. The number of nitrogens with one attached hydrogen (secondary N) is 1. The molecule has 0 heterocycles. The summed E-state index contributed by atoms with van der Waals surface area (Å²) >= 11 is 0. The van der Waals surface area contributed by atoms with Crippen molar-refractivity contribution in [2.75, 3.05) is 0 Å². The van der Waals surface area contributed by atoms with E-state index in [9.17, 15) is 9.59 Å². The van der Waals surface area contributed by atoms with Gasteiger partial charge in [0.15, 0.2) is 0 Å². The maximum Gasteiger partial charge on any atom is 0.243 e. The van der Waals surface area contributed by atoms with Crippen LogP contribution in [-0.2, 0) is 35.4 Å². The van der Waals surface area contributed by atoms with Crippen molar-refractivity contribution < 1.29 is 9.59 Å². The Labute approximate surface area is 216 Å². The van der Waals surface area contributed by atoms with Gasteiger partial charge in [0.25, 0.3) is 0 Å². The van der Waals surface area contributed by atoms with Gasteiger partial charge in [-0.1, -0.05) is 91.3 Å². The summed E-state index contributed by atoms with van der Waals surface area (Å²) in [5, 5.41) is 3.13. The van der Waals surface area contributed by atoms with Crippen LogP contribution in [-0.4, -0.2) is 28.3 Å². The van der Waals surface area contributed by atoms with E-state index in [1.165, 1.54) is 5.56 Å². The maximum absolute atomic E-state index is 13.8. The molecular formula is C32H40N2O2. The van der Waals surface area contributed by atoms with Crippen LogP contribution in [0.15, 0.2) is 78.9 Å². The molecule has 0 spiro atoms. The SMILES string of the molecule is CCc1ccc(CCC(=O)N(Cc2cccc(C)c2)C(Cc2ccccc2)C(=O)NC(C)(C)C)cc1. The summed E-state index contributed by atoms with van der Waals surface area (Å²) in [6.45, 7) is 10.5. The normalized spacial score (nSPS) is 12.1. The number of hydrogen-bond acceptors (Lipinski definition) is 2. The summed E-state index contributed by atoms with van der Waals surface area (Å²) in [4.78, 5) is 29.2. The fraction of sp³-hybridized carbons (Fsp3) is 0.375. The second-order valence-electron chi connectivity index (χ2n) is 10.6. The minimum absolute atomic E-state index is 0.0129. The molecule has 0 aliphatic rings. The number of aryl methyl sites for hydroxylation is 3. The van der Waals surface area contributed by atoms with E-state index in [0.29, 0.717) is 25.8 Å². The Kier molecular flexibility index (Phi) is 9.46. The predicted molar refractivity (Wildman–Crippen MR) is 148 cm³/mol. The van der Waals surface area contributed by atoms with E-state index < -0.39 is 11.6 Å². The number of nitrogens with zero attached hydrogens (tertiary/aromatic N) is 1. The molecule has 0 bridgehead atoms. The van der Waals surface area contributed by atoms with Crippen LogP contribution in [0.25, 0.3) is 0 Å². The lowest BCUT2D eigenvalue weighted by molar-refractivity contribution is -0.141. The van der Waals surface area contributed by atoms with Gasteiger partial charge in [0.2, 0.25) is 11.8 Å². The summed E-state index contributed by atoms with van der Waals surface area (Å²) in [5.74, 6) is -0.138. The molecule has 3 aromatic carbocycles. The molecule has 1 unspecified atom stereocenters. The highest BCUT2D eigenvalue weighted by Crippen LogP contribution is 2.19. The Morgan fingerprint density at radius 3 is 2.08 bits per heavy atom. The highest BCUT2D eigenvalue weighted by Gasteiger charge is 2.32. The minimum atomic E-state index is -0.609. The van der Waals surface area contributed by atoms with E-state index in [-0.39, 0.29) is 11.8 Å². The summed E-state index contributed by atoms with van der Waals surface area (Å²) in [6.07, 6.45) is 2.45. The zero-order valence-corrected chi connectivity index (χ0v) is 22.4. The average Bonchev–Trinajstić information content (AvgIpc) is 2.84. The number of hydrogen-bond donors (Lipinski definition) is 1. The molecule has 0 saturated heterocycles. The number of carbonyl (C=O) groups is 2. The third-order valence-corrected chi connectivity index (χ3v) is 6.26. The third kappa shape index (κ3) is 8.37. The quantitative estimate of drug-likeness (QED) is 0.381. The Hall–Kier alpha value is -3.40. The van der Waals surface area contributed by atoms with Crippen molar-refractivity contribution in [3.05, 3.63) is 107 Å². The Bertz CT molecular complexity index is 1130. The van der Waals surface area contributed by atoms with Crippen LogP contribution in [0.1, 0.15) is 61.9 Å². The first-order valence-electron chi connectivity index (χ1n) is 12.9. The molecule has 4 nitrogen and oxygen atoms in total. The minimum Gasteiger partial charge on any atom is -0.350 e. The molecule has 1 atom stereocenters. The van der Waals surface area contributed by atoms with Crippen LogP contribution in [0.4, 0.5) is 0 Å². The van der Waals surface area contributed by atoms with E-state index in [0.717, 1.165) is 28.7 Å². The van der Waals surface area contributed by atoms with Gasteiger partial charge in [0.1, 0.15) is 6.04 Å². The highest BCUT2D eigenvalue weighted by atomic mass is 16.2.